The van der Waals surface area contributed by atoms with Crippen molar-refractivity contribution in [2.24, 2.45) is 12.2 Å². The van der Waals surface area contributed by atoms with E-state index >= 15 is 0 Å². The number of rotatable bonds is 8. The summed E-state index contributed by atoms with van der Waals surface area (Å²) < 4.78 is 34.8. The molecule has 13 heteroatoms. The summed E-state index contributed by atoms with van der Waals surface area (Å²) in [5.41, 5.74) is 3.47. The van der Waals surface area contributed by atoms with Crippen LogP contribution in [-0.2, 0) is 28.4 Å². The molecule has 1 heterocycles. The molecule has 2 aromatic rings. The van der Waals surface area contributed by atoms with Crippen molar-refractivity contribution in [3.8, 4) is 5.75 Å². The number of anilines is 1. The van der Waals surface area contributed by atoms with Gasteiger partial charge in [0, 0.05) is 13.6 Å². The zero-order valence-electron chi connectivity index (χ0n) is 17.1. The van der Waals surface area contributed by atoms with Crippen LogP contribution < -0.4 is 26.9 Å². The highest BCUT2D eigenvalue weighted by Crippen LogP contribution is 2.23. The summed E-state index contributed by atoms with van der Waals surface area (Å²) in [4.78, 5) is 49.2. The van der Waals surface area contributed by atoms with E-state index in [1.807, 2.05) is 0 Å². The number of carbonyl (C=O) groups excluding carboxylic acids is 2. The summed E-state index contributed by atoms with van der Waals surface area (Å²) in [6, 6.07) is 3.28. The third kappa shape index (κ3) is 4.83. The summed E-state index contributed by atoms with van der Waals surface area (Å²) in [6.07, 6.45) is 0.519. The van der Waals surface area contributed by atoms with Crippen LogP contribution in [0.1, 0.15) is 34.1 Å². The van der Waals surface area contributed by atoms with Crippen LogP contribution in [0.5, 0.6) is 5.75 Å². The van der Waals surface area contributed by atoms with E-state index in [0.717, 1.165) is 21.3 Å². The molecule has 1 aromatic carbocycles. The summed E-state index contributed by atoms with van der Waals surface area (Å²) in [5.74, 6) is -2.37. The van der Waals surface area contributed by atoms with Crippen LogP contribution in [0.15, 0.2) is 32.7 Å². The van der Waals surface area contributed by atoms with Gasteiger partial charge >= 0.3 is 11.7 Å². The lowest BCUT2D eigenvalue weighted by Gasteiger charge is -2.14. The Balaban J connectivity index is 2.37. The number of ether oxygens (including phenoxy) is 2. The molecule has 2 rings (SSSR count). The lowest BCUT2D eigenvalue weighted by molar-refractivity contribution is 0.0470. The molecule has 0 unspecified atom stereocenters. The molecule has 12 nitrogen and oxygen atoms in total. The molecule has 0 atom stereocenters. The summed E-state index contributed by atoms with van der Waals surface area (Å²) in [5, 5.41) is 5.06. The maximum atomic E-state index is 12.6. The first-order chi connectivity index (χ1) is 14.4. The molecule has 0 amide bonds. The number of esters is 1. The Hall–Kier alpha value is -3.45. The van der Waals surface area contributed by atoms with Crippen LogP contribution in [0.25, 0.3) is 0 Å². The first-order valence-electron chi connectivity index (χ1n) is 8.94. The summed E-state index contributed by atoms with van der Waals surface area (Å²) >= 11 is 0. The van der Waals surface area contributed by atoms with Crippen molar-refractivity contribution < 1.29 is 27.5 Å². The van der Waals surface area contributed by atoms with Gasteiger partial charge in [-0.1, -0.05) is 6.92 Å². The minimum Gasteiger partial charge on any atom is -0.496 e. The number of nitrogens with zero attached hydrogens (tertiary/aromatic N) is 2. The lowest BCUT2D eigenvalue weighted by Crippen LogP contribution is -2.43. The lowest BCUT2D eigenvalue weighted by atomic mass is 10.2. The highest BCUT2D eigenvalue weighted by molar-refractivity contribution is 7.89. The maximum Gasteiger partial charge on any atom is 0.342 e. The molecule has 1 aromatic heterocycles. The van der Waals surface area contributed by atoms with Crippen LogP contribution in [0.4, 0.5) is 5.82 Å². The van der Waals surface area contributed by atoms with Crippen molar-refractivity contribution in [2.45, 2.75) is 24.8 Å². The number of methoxy groups -OCH3 is 1. The largest absolute Gasteiger partial charge is 0.496 e. The van der Waals surface area contributed by atoms with E-state index in [1.54, 1.807) is 6.92 Å². The van der Waals surface area contributed by atoms with Gasteiger partial charge in [-0.15, -0.1) is 0 Å². The molecule has 0 bridgehead atoms. The summed E-state index contributed by atoms with van der Waals surface area (Å²) in [7, 11) is -1.67. The van der Waals surface area contributed by atoms with Gasteiger partial charge in [0.05, 0.1) is 12.0 Å². The van der Waals surface area contributed by atoms with Crippen LogP contribution in [0, 0.1) is 0 Å². The van der Waals surface area contributed by atoms with Gasteiger partial charge in [-0.3, -0.25) is 18.7 Å². The molecular weight excluding hydrogens is 432 g/mol. The van der Waals surface area contributed by atoms with Crippen LogP contribution in [0.3, 0.4) is 0 Å². The fraction of sp³-hybridized carbons (Fsp3) is 0.333. The number of nitrogens with two attached hydrogens (primary N) is 2. The second-order valence-electron chi connectivity index (χ2n) is 6.47. The number of aromatic nitrogens is 2. The SMILES string of the molecule is CCCn1c(N)c(C(=O)COC(=O)c2cc(S(N)(=O)=O)ccc2OC)c(=O)n(C)c1=O. The molecular formula is C18H22N4O8S. The number of Topliss-reactive ketones (excluding diaryl/α,β-unsaturated/α-hetero) is 1. The van der Waals surface area contributed by atoms with Crippen molar-refractivity contribution >= 4 is 27.6 Å². The van der Waals surface area contributed by atoms with E-state index in [9.17, 15) is 27.6 Å². The van der Waals surface area contributed by atoms with Crippen LogP contribution in [0.2, 0.25) is 0 Å². The molecule has 0 radical (unpaired) electrons. The highest BCUT2D eigenvalue weighted by atomic mass is 32.2. The van der Waals surface area contributed by atoms with Gasteiger partial charge in [0.15, 0.2) is 6.61 Å². The van der Waals surface area contributed by atoms with Crippen molar-refractivity contribution in [1.29, 1.82) is 0 Å². The fourth-order valence-corrected chi connectivity index (χ4v) is 3.33. The Morgan fingerprint density at radius 3 is 2.39 bits per heavy atom. The van der Waals surface area contributed by atoms with Gasteiger partial charge in [-0.05, 0) is 24.6 Å². The first kappa shape index (κ1) is 23.8. The molecule has 31 heavy (non-hydrogen) atoms. The van der Waals surface area contributed by atoms with Crippen molar-refractivity contribution in [1.82, 2.24) is 9.13 Å². The number of carbonyl (C=O) groups is 2. The molecule has 0 fully saturated rings. The Morgan fingerprint density at radius 2 is 1.84 bits per heavy atom. The normalized spacial score (nSPS) is 11.2. The van der Waals surface area contributed by atoms with Gasteiger partial charge in [0.1, 0.15) is 22.7 Å². The van der Waals surface area contributed by atoms with E-state index in [-0.39, 0.29) is 28.6 Å². The Labute approximate surface area is 177 Å². The van der Waals surface area contributed by atoms with E-state index in [2.05, 4.69) is 0 Å². The minimum absolute atomic E-state index is 0.0169. The van der Waals surface area contributed by atoms with Crippen LogP contribution >= 0.6 is 0 Å². The second kappa shape index (κ2) is 9.14. The molecule has 0 aliphatic rings. The monoisotopic (exact) mass is 454 g/mol. The Kier molecular flexibility index (Phi) is 7.02. The van der Waals surface area contributed by atoms with E-state index in [1.165, 1.54) is 20.2 Å². The van der Waals surface area contributed by atoms with Gasteiger partial charge in [-0.2, -0.15) is 0 Å². The first-order valence-corrected chi connectivity index (χ1v) is 10.5. The number of hydrogen-bond donors (Lipinski definition) is 2. The summed E-state index contributed by atoms with van der Waals surface area (Å²) in [6.45, 7) is 1.07. The van der Waals surface area contributed by atoms with Gasteiger partial charge < -0.3 is 15.2 Å². The number of benzene rings is 1. The predicted molar refractivity (Wildman–Crippen MR) is 110 cm³/mol. The van der Waals surface area contributed by atoms with E-state index in [4.69, 9.17) is 20.3 Å². The maximum absolute atomic E-state index is 12.6. The average Bonchev–Trinajstić information content (AvgIpc) is 2.72. The molecule has 0 saturated carbocycles. The average molecular weight is 454 g/mol. The van der Waals surface area contributed by atoms with Gasteiger partial charge in [0.2, 0.25) is 15.8 Å². The molecule has 0 aliphatic heterocycles. The molecule has 4 N–H and O–H groups in total. The molecule has 0 spiro atoms. The van der Waals surface area contributed by atoms with E-state index in [0.29, 0.717) is 6.42 Å². The van der Waals surface area contributed by atoms with Crippen molar-refractivity contribution in [3.05, 3.63) is 50.2 Å². The Bertz CT molecular complexity index is 1260. The van der Waals surface area contributed by atoms with E-state index < -0.39 is 45.2 Å². The topological polar surface area (TPSA) is 183 Å². The number of ketones is 1. The Morgan fingerprint density at radius 1 is 1.19 bits per heavy atom. The number of nitrogen functional groups attached to an aromatic ring is 1. The number of primary sulfonamides is 1. The van der Waals surface area contributed by atoms with Crippen LogP contribution in [-0.4, -0.2) is 43.0 Å². The second-order valence-corrected chi connectivity index (χ2v) is 8.03. The molecule has 0 aliphatic carbocycles. The van der Waals surface area contributed by atoms with Crippen molar-refractivity contribution in [2.75, 3.05) is 19.5 Å². The number of hydrogen-bond acceptors (Lipinski definition) is 9. The number of sulfonamides is 1. The quantitative estimate of drug-likeness (QED) is 0.382. The zero-order chi connectivity index (χ0) is 23.5. The highest BCUT2D eigenvalue weighted by Gasteiger charge is 2.24. The fourth-order valence-electron chi connectivity index (χ4n) is 2.79. The van der Waals surface area contributed by atoms with Gasteiger partial charge in [-0.25, -0.2) is 23.1 Å². The smallest absolute Gasteiger partial charge is 0.342 e. The third-order valence-corrected chi connectivity index (χ3v) is 5.27. The predicted octanol–water partition coefficient (Wildman–Crippen LogP) is -0.765. The van der Waals surface area contributed by atoms with Crippen molar-refractivity contribution in [3.63, 3.8) is 0 Å². The van der Waals surface area contributed by atoms with Gasteiger partial charge in [0.25, 0.3) is 5.56 Å². The standard InChI is InChI=1S/C18H22N4O8S/c1-4-7-22-15(19)14(16(24)21(2)18(22)26)12(23)9-30-17(25)11-8-10(31(20,27)28)5-6-13(11)29-3/h5-6,8H,4,7,9,19H2,1-3H3,(H2,20,27,28). The third-order valence-electron chi connectivity index (χ3n) is 4.36. The minimum atomic E-state index is -4.11. The molecule has 0 saturated heterocycles. The zero-order valence-corrected chi connectivity index (χ0v) is 17.9. The molecule has 168 valence electrons.